The summed E-state index contributed by atoms with van der Waals surface area (Å²) in [6, 6.07) is 28.2. The van der Waals surface area contributed by atoms with E-state index in [-0.39, 0.29) is 35.9 Å². The molecule has 2 heterocycles. The van der Waals surface area contributed by atoms with Gasteiger partial charge < -0.3 is 5.11 Å². The Morgan fingerprint density at radius 2 is 1.49 bits per heavy atom. The Morgan fingerprint density at radius 1 is 0.765 bits per heavy atom. The van der Waals surface area contributed by atoms with E-state index in [1.807, 2.05) is 91.9 Å². The maximum Gasteiger partial charge on any atom is 0.260 e. The van der Waals surface area contributed by atoms with E-state index >= 15 is 4.79 Å². The van der Waals surface area contributed by atoms with Crippen molar-refractivity contribution < 1.29 is 24.3 Å². The first-order valence-corrected chi connectivity index (χ1v) is 18.4. The third kappa shape index (κ3) is 4.57. The highest BCUT2D eigenvalue weighted by molar-refractivity contribution is 6.13. The number of hydrazine groups is 1. The molecule has 258 valence electrons. The number of amides is 4. The zero-order chi connectivity index (χ0) is 35.0. The number of fused-ring (bicyclic) bond motifs is 5. The van der Waals surface area contributed by atoms with Crippen LogP contribution in [0.4, 0.5) is 5.69 Å². The van der Waals surface area contributed by atoms with Gasteiger partial charge in [0.15, 0.2) is 0 Å². The van der Waals surface area contributed by atoms with E-state index < -0.39 is 40.9 Å². The van der Waals surface area contributed by atoms with Crippen LogP contribution in [0.3, 0.4) is 0 Å². The maximum absolute atomic E-state index is 15.5. The molecular weight excluding hydrogens is 638 g/mol. The molecule has 51 heavy (non-hydrogen) atoms. The smallest absolute Gasteiger partial charge is 0.260 e. The number of benzene rings is 4. The number of aryl methyl sites for hydroxylation is 1. The van der Waals surface area contributed by atoms with Crippen LogP contribution < -0.4 is 5.43 Å². The van der Waals surface area contributed by atoms with Crippen LogP contribution >= 0.6 is 0 Å². The van der Waals surface area contributed by atoms with E-state index in [4.69, 9.17) is 0 Å². The zero-order valence-electron chi connectivity index (χ0n) is 28.6. The Morgan fingerprint density at radius 3 is 2.25 bits per heavy atom. The van der Waals surface area contributed by atoms with Gasteiger partial charge in [0.1, 0.15) is 5.75 Å². The Kier molecular flexibility index (Phi) is 7.42. The predicted molar refractivity (Wildman–Crippen MR) is 193 cm³/mol. The Balaban J connectivity index is 1.27. The first-order valence-electron chi connectivity index (χ1n) is 18.4. The number of carbonyl (C=O) groups excluding carboxylic acids is 4. The fraction of sp³-hybridized carbons (Fsp3) is 0.349. The summed E-state index contributed by atoms with van der Waals surface area (Å²) >= 11 is 0. The van der Waals surface area contributed by atoms with Crippen molar-refractivity contribution in [3.05, 3.63) is 119 Å². The average molecular weight is 680 g/mol. The highest BCUT2D eigenvalue weighted by atomic mass is 16.3. The number of phenolic OH excluding ortho intramolecular Hbond substituents is 1. The first-order chi connectivity index (χ1) is 24.8. The van der Waals surface area contributed by atoms with E-state index in [0.29, 0.717) is 23.2 Å². The molecule has 6 atom stereocenters. The van der Waals surface area contributed by atoms with Gasteiger partial charge in [0.2, 0.25) is 11.8 Å². The molecule has 0 spiro atoms. The lowest BCUT2D eigenvalue weighted by molar-refractivity contribution is -0.144. The van der Waals surface area contributed by atoms with E-state index in [9.17, 15) is 19.5 Å². The lowest BCUT2D eigenvalue weighted by Crippen LogP contribution is -2.53. The number of allylic oxidation sites excluding steroid dienone is 2. The number of nitrogens with one attached hydrogen (secondary N) is 1. The summed E-state index contributed by atoms with van der Waals surface area (Å²) in [5.41, 5.74) is 5.46. The topological polar surface area (TPSA) is 107 Å². The number of aromatic hydroxyl groups is 1. The molecule has 0 unspecified atom stereocenters. The second-order valence-corrected chi connectivity index (χ2v) is 15.1. The van der Waals surface area contributed by atoms with Gasteiger partial charge in [-0.2, -0.15) is 5.01 Å². The van der Waals surface area contributed by atoms with Crippen LogP contribution in [0.2, 0.25) is 0 Å². The maximum atomic E-state index is 15.5. The van der Waals surface area contributed by atoms with Gasteiger partial charge in [-0.25, -0.2) is 0 Å². The molecule has 8 nitrogen and oxygen atoms in total. The van der Waals surface area contributed by atoms with Crippen molar-refractivity contribution in [3.63, 3.8) is 0 Å². The van der Waals surface area contributed by atoms with E-state index in [0.717, 1.165) is 54.0 Å². The van der Waals surface area contributed by atoms with Crippen molar-refractivity contribution in [3.8, 4) is 5.75 Å². The third-order valence-corrected chi connectivity index (χ3v) is 12.6. The summed E-state index contributed by atoms with van der Waals surface area (Å²) in [7, 11) is 0. The fourth-order valence-corrected chi connectivity index (χ4v) is 10.4. The number of nitrogens with zero attached hydrogens (tertiary/aromatic N) is 2. The highest BCUT2D eigenvalue weighted by Crippen LogP contribution is 2.65. The largest absolute Gasteiger partial charge is 0.508 e. The molecular formula is C43H41N3O5. The minimum Gasteiger partial charge on any atom is -0.508 e. The summed E-state index contributed by atoms with van der Waals surface area (Å²) in [6.45, 7) is 1.98. The number of phenols is 1. The van der Waals surface area contributed by atoms with Gasteiger partial charge in [-0.3, -0.25) is 29.5 Å². The van der Waals surface area contributed by atoms with Crippen molar-refractivity contribution in [2.24, 2.45) is 23.7 Å². The quantitative estimate of drug-likeness (QED) is 0.171. The summed E-state index contributed by atoms with van der Waals surface area (Å²) in [4.78, 5) is 60.7. The molecule has 4 amide bonds. The van der Waals surface area contributed by atoms with Crippen LogP contribution in [0, 0.1) is 30.6 Å². The minimum absolute atomic E-state index is 0.0271. The van der Waals surface area contributed by atoms with Crippen LogP contribution in [-0.4, -0.2) is 44.7 Å². The molecule has 2 N–H and O–H groups in total. The lowest BCUT2D eigenvalue weighted by Gasteiger charge is -2.51. The van der Waals surface area contributed by atoms with Crippen molar-refractivity contribution in [1.82, 2.24) is 9.91 Å². The molecule has 0 aromatic heterocycles. The molecule has 2 saturated heterocycles. The average Bonchev–Trinajstić information content (AvgIpc) is 3.54. The number of likely N-dealkylation sites (tertiary alicyclic amines) is 1. The number of carbonyl (C=O) groups is 4. The monoisotopic (exact) mass is 679 g/mol. The molecule has 5 aliphatic rings. The zero-order valence-corrected chi connectivity index (χ0v) is 28.6. The Labute approximate surface area is 297 Å². The molecule has 8 heteroatoms. The van der Waals surface area contributed by atoms with Crippen molar-refractivity contribution in [1.29, 1.82) is 0 Å². The van der Waals surface area contributed by atoms with Crippen molar-refractivity contribution >= 4 is 40.1 Å². The van der Waals surface area contributed by atoms with E-state index in [2.05, 4.69) is 11.5 Å². The van der Waals surface area contributed by atoms with Crippen LogP contribution in [0.5, 0.6) is 5.75 Å². The van der Waals surface area contributed by atoms with Gasteiger partial charge >= 0.3 is 0 Å². The second kappa shape index (κ2) is 11.9. The first kappa shape index (κ1) is 31.7. The molecule has 4 aromatic rings. The van der Waals surface area contributed by atoms with Gasteiger partial charge in [0.25, 0.3) is 11.8 Å². The Hall–Kier alpha value is -5.24. The minimum atomic E-state index is -1.44. The van der Waals surface area contributed by atoms with E-state index in [1.165, 1.54) is 5.01 Å². The van der Waals surface area contributed by atoms with Gasteiger partial charge in [-0.05, 0) is 73.1 Å². The van der Waals surface area contributed by atoms with E-state index in [1.54, 1.807) is 11.0 Å². The molecule has 2 saturated carbocycles. The molecule has 9 rings (SSSR count). The van der Waals surface area contributed by atoms with Crippen molar-refractivity contribution in [2.45, 2.75) is 69.2 Å². The SMILES string of the molecule is Cc1ccc(NN2C(=O)[C@@H]3C[C@@H]4C(=CC[C@@H]5C(=O)N(C6CCCCC6)C(=O)[C@@H]54)[C@H](c4c(O)ccc5ccccc45)[C@]3(c3ccccc3)C2=O)cc1. The van der Waals surface area contributed by atoms with Gasteiger partial charge in [0, 0.05) is 17.5 Å². The van der Waals surface area contributed by atoms with Crippen LogP contribution in [0.15, 0.2) is 103 Å². The second-order valence-electron chi connectivity index (χ2n) is 15.1. The van der Waals surface area contributed by atoms with Crippen molar-refractivity contribution in [2.75, 3.05) is 5.43 Å². The number of hydrogen-bond acceptors (Lipinski definition) is 6. The number of hydrogen-bond donors (Lipinski definition) is 2. The van der Waals surface area contributed by atoms with Crippen LogP contribution in [-0.2, 0) is 24.6 Å². The predicted octanol–water partition coefficient (Wildman–Crippen LogP) is 7.17. The molecule has 3 aliphatic carbocycles. The van der Waals surface area contributed by atoms with Gasteiger partial charge in [0.05, 0.1) is 28.9 Å². The standard InChI is InChI=1S/C43H41N3O5/c1-25-16-19-28(20-17-25)44-46-40(49)34-24-33-31(21-22-32-36(33)41(50)45(39(32)48)29-13-6-3-7-14-29)38(43(34,42(46)51)27-11-4-2-5-12-27)37-30-15-9-8-10-26(30)18-23-35(37)47/h2,4-5,8-12,15-21,23,29,32-34,36,38,44,47H,3,6-7,13-14,22,24H2,1H3/t32-,33+,34-,36-,38+,43+/m0/s1. The summed E-state index contributed by atoms with van der Waals surface area (Å²) in [5, 5.41) is 14.8. The molecule has 2 aliphatic heterocycles. The molecule has 0 bridgehead atoms. The van der Waals surface area contributed by atoms with Gasteiger partial charge in [-0.15, -0.1) is 0 Å². The summed E-state index contributed by atoms with van der Waals surface area (Å²) < 4.78 is 0. The molecule has 4 fully saturated rings. The summed E-state index contributed by atoms with van der Waals surface area (Å²) in [6.07, 6.45) is 7.41. The van der Waals surface area contributed by atoms with Crippen LogP contribution in [0.25, 0.3) is 10.8 Å². The number of rotatable bonds is 5. The molecule has 4 aromatic carbocycles. The normalized spacial score (nSPS) is 29.2. The molecule has 0 radical (unpaired) electrons. The van der Waals surface area contributed by atoms with Crippen LogP contribution in [0.1, 0.15) is 67.6 Å². The Bertz CT molecular complexity index is 2120. The third-order valence-electron chi connectivity index (χ3n) is 12.6. The van der Waals surface area contributed by atoms with Gasteiger partial charge in [-0.1, -0.05) is 109 Å². The fourth-order valence-electron chi connectivity index (χ4n) is 10.4. The summed E-state index contributed by atoms with van der Waals surface area (Å²) in [5.74, 6) is -4.26. The number of anilines is 1. The number of imide groups is 2. The highest BCUT2D eigenvalue weighted by Gasteiger charge is 2.71. The lowest BCUT2D eigenvalue weighted by atomic mass is 9.48.